The van der Waals surface area contributed by atoms with Crippen LogP contribution in [0, 0.1) is 5.92 Å². The summed E-state index contributed by atoms with van der Waals surface area (Å²) in [5.41, 5.74) is 0. The fourth-order valence-corrected chi connectivity index (χ4v) is 0.321. The summed E-state index contributed by atoms with van der Waals surface area (Å²) >= 11 is 0. The summed E-state index contributed by atoms with van der Waals surface area (Å²) < 4.78 is 0. The van der Waals surface area contributed by atoms with E-state index in [0.717, 1.165) is 0 Å². The molecule has 1 rings (SSSR count). The van der Waals surface area contributed by atoms with Gasteiger partial charge < -0.3 is 4.79 Å². The fraction of sp³-hybridized carbons (Fsp3) is 0.333. The summed E-state index contributed by atoms with van der Waals surface area (Å²) in [6.07, 6.45) is 1.78. The molecular formula is C9H12OPt+2. The van der Waals surface area contributed by atoms with Crippen LogP contribution in [-0.4, -0.2) is 6.29 Å². The van der Waals surface area contributed by atoms with Crippen molar-refractivity contribution in [2.45, 2.75) is 13.8 Å². The maximum absolute atomic E-state index is 9.38. The van der Waals surface area contributed by atoms with E-state index in [-0.39, 0.29) is 27.0 Å². The van der Waals surface area contributed by atoms with Crippen molar-refractivity contribution >= 4 is 6.29 Å². The maximum atomic E-state index is 9.38. The van der Waals surface area contributed by atoms with Gasteiger partial charge in [-0.05, 0) is 0 Å². The number of hydrogen-bond donors (Lipinski definition) is 0. The molecule has 0 radical (unpaired) electrons. The Morgan fingerprint density at radius 2 is 1.64 bits per heavy atom. The molecule has 0 unspecified atom stereocenters. The van der Waals surface area contributed by atoms with Gasteiger partial charge in [0.25, 0.3) is 0 Å². The molecule has 1 nitrogen and oxygen atoms in total. The minimum atomic E-state index is 0. The first-order valence-corrected chi connectivity index (χ1v) is 3.31. The molecule has 1 aromatic carbocycles. The molecule has 62 valence electrons. The number of rotatable bonds is 1. The zero-order valence-corrected chi connectivity index (χ0v) is 8.96. The zero-order valence-electron chi connectivity index (χ0n) is 6.69. The smallest absolute Gasteiger partial charge is 0.542 e. The first-order valence-electron chi connectivity index (χ1n) is 3.31. The van der Waals surface area contributed by atoms with E-state index in [2.05, 4.69) is 0 Å². The molecule has 0 bridgehead atoms. The fourth-order valence-electron chi connectivity index (χ4n) is 0.321. The van der Waals surface area contributed by atoms with Crippen LogP contribution in [0.2, 0.25) is 0 Å². The molecule has 0 amide bonds. The summed E-state index contributed by atoms with van der Waals surface area (Å²) in [5, 5.41) is 0. The molecule has 0 aliphatic heterocycles. The van der Waals surface area contributed by atoms with Gasteiger partial charge in [-0.3, -0.25) is 6.29 Å². The predicted molar refractivity (Wildman–Crippen MR) is 42.6 cm³/mol. The number of hydrogen-bond acceptors (Lipinski definition) is 1. The van der Waals surface area contributed by atoms with Crippen LogP contribution in [0.4, 0.5) is 0 Å². The van der Waals surface area contributed by atoms with Gasteiger partial charge in [-0.2, -0.15) is 18.2 Å². The monoisotopic (exact) mass is 331 g/mol. The third-order valence-corrected chi connectivity index (χ3v) is 0.791. The van der Waals surface area contributed by atoms with Crippen molar-refractivity contribution in [3.63, 3.8) is 0 Å². The van der Waals surface area contributed by atoms with E-state index in [4.69, 9.17) is 0 Å². The second-order valence-corrected chi connectivity index (χ2v) is 2.23. The van der Waals surface area contributed by atoms with Crippen LogP contribution in [0.3, 0.4) is 0 Å². The van der Waals surface area contributed by atoms with Crippen molar-refractivity contribution in [2.24, 2.45) is 5.92 Å². The molecule has 0 spiro atoms. The van der Waals surface area contributed by atoms with Crippen LogP contribution in [0.1, 0.15) is 13.8 Å². The van der Waals surface area contributed by atoms with Gasteiger partial charge in [0.1, 0.15) is 0 Å². The minimum Gasteiger partial charge on any atom is -0.542 e. The molecule has 0 fully saturated rings. The number of carbonyl (C=O) groups excluding carboxylic acids is 1. The normalized spacial score (nSPS) is 7.55. The average Bonchev–Trinajstić information content (AvgIpc) is 2.43. The molecule has 2 heteroatoms. The van der Waals surface area contributed by atoms with Crippen LogP contribution >= 0.6 is 0 Å². The molecule has 1 aromatic rings. The summed E-state index contributed by atoms with van der Waals surface area (Å²) in [5.74, 6) is 0.0787. The SMILES string of the molecule is CC(C)[C-]=O.[Pt+4].c1cc[cH-]c1. The standard InChI is InChI=1S/C5H5.C4H7O.Pt/c1-2-4-5-3-1;1-4(2)3-5;/h1-5H;4H,1-2H3;/q2*-1;+4. The van der Waals surface area contributed by atoms with E-state index >= 15 is 0 Å². The Morgan fingerprint density at radius 1 is 1.27 bits per heavy atom. The summed E-state index contributed by atoms with van der Waals surface area (Å²) in [6.45, 7) is 3.60. The van der Waals surface area contributed by atoms with Crippen molar-refractivity contribution in [3.05, 3.63) is 30.3 Å². The molecule has 0 N–H and O–H groups in total. The van der Waals surface area contributed by atoms with Crippen molar-refractivity contribution in [3.8, 4) is 0 Å². The van der Waals surface area contributed by atoms with E-state index in [1.807, 2.05) is 30.3 Å². The van der Waals surface area contributed by atoms with Crippen LogP contribution < -0.4 is 0 Å². The van der Waals surface area contributed by atoms with Gasteiger partial charge in [0.15, 0.2) is 0 Å². The Kier molecular flexibility index (Phi) is 11.7. The molecule has 0 aromatic heterocycles. The molecular weight excluding hydrogens is 319 g/mol. The quantitative estimate of drug-likeness (QED) is 0.721. The van der Waals surface area contributed by atoms with E-state index in [0.29, 0.717) is 0 Å². The van der Waals surface area contributed by atoms with E-state index in [1.165, 1.54) is 0 Å². The van der Waals surface area contributed by atoms with Crippen molar-refractivity contribution in [2.75, 3.05) is 0 Å². The third-order valence-electron chi connectivity index (χ3n) is 0.791. The molecule has 0 atom stereocenters. The third kappa shape index (κ3) is 12.8. The Bertz CT molecular complexity index is 127. The summed E-state index contributed by atoms with van der Waals surface area (Å²) in [4.78, 5) is 9.38. The van der Waals surface area contributed by atoms with Gasteiger partial charge in [0.05, 0.1) is 0 Å². The van der Waals surface area contributed by atoms with Gasteiger partial charge in [0.2, 0.25) is 0 Å². The van der Waals surface area contributed by atoms with Gasteiger partial charge >= 0.3 is 21.1 Å². The minimum absolute atomic E-state index is 0. The van der Waals surface area contributed by atoms with Crippen molar-refractivity contribution < 1.29 is 25.9 Å². The van der Waals surface area contributed by atoms with Crippen LogP contribution in [0.5, 0.6) is 0 Å². The van der Waals surface area contributed by atoms with Crippen LogP contribution in [0.15, 0.2) is 30.3 Å². The molecule has 0 saturated heterocycles. The molecule has 11 heavy (non-hydrogen) atoms. The maximum Gasteiger partial charge on any atom is 4.00 e. The molecule has 0 aliphatic carbocycles. The van der Waals surface area contributed by atoms with E-state index < -0.39 is 0 Å². The van der Waals surface area contributed by atoms with E-state index in [9.17, 15) is 4.79 Å². The Labute approximate surface area is 82.4 Å². The average molecular weight is 331 g/mol. The van der Waals surface area contributed by atoms with E-state index in [1.54, 1.807) is 20.1 Å². The Balaban J connectivity index is 0. The largest absolute Gasteiger partial charge is 4.00 e. The van der Waals surface area contributed by atoms with Crippen molar-refractivity contribution in [1.29, 1.82) is 0 Å². The van der Waals surface area contributed by atoms with Crippen molar-refractivity contribution in [1.82, 2.24) is 0 Å². The van der Waals surface area contributed by atoms with Gasteiger partial charge in [0, 0.05) is 0 Å². The van der Waals surface area contributed by atoms with Gasteiger partial charge in [-0.15, -0.1) is 5.92 Å². The Hall–Kier alpha value is -0.292. The summed E-state index contributed by atoms with van der Waals surface area (Å²) in [6, 6.07) is 10.0. The Morgan fingerprint density at radius 3 is 1.73 bits per heavy atom. The first kappa shape index (κ1) is 13.3. The van der Waals surface area contributed by atoms with Crippen LogP contribution in [0.25, 0.3) is 0 Å². The van der Waals surface area contributed by atoms with Crippen LogP contribution in [-0.2, 0) is 25.9 Å². The zero-order chi connectivity index (χ0) is 7.82. The topological polar surface area (TPSA) is 17.1 Å². The predicted octanol–water partition coefficient (Wildman–Crippen LogP) is 2.16. The molecule has 0 saturated carbocycles. The van der Waals surface area contributed by atoms with Gasteiger partial charge in [-0.25, -0.2) is 12.1 Å². The second-order valence-electron chi connectivity index (χ2n) is 2.23. The second kappa shape index (κ2) is 9.71. The van der Waals surface area contributed by atoms with Gasteiger partial charge in [-0.1, -0.05) is 13.8 Å². The summed E-state index contributed by atoms with van der Waals surface area (Å²) in [7, 11) is 0. The molecule has 0 heterocycles. The molecule has 0 aliphatic rings. The first-order chi connectivity index (χ1) is 4.77.